The smallest absolute Gasteiger partial charge is 0.245 e. The summed E-state index contributed by atoms with van der Waals surface area (Å²) < 4.78 is 6.91. The summed E-state index contributed by atoms with van der Waals surface area (Å²) in [6, 6.07) is 7.00. The third-order valence-electron chi connectivity index (χ3n) is 3.49. The van der Waals surface area contributed by atoms with Gasteiger partial charge in [-0.15, -0.1) is 0 Å². The number of rotatable bonds is 6. The third kappa shape index (κ3) is 3.45. The Balaban J connectivity index is 1.62. The summed E-state index contributed by atoms with van der Waals surface area (Å²) in [6.07, 6.45) is 7.51. The maximum absolute atomic E-state index is 12.3. The Hall–Kier alpha value is -2.96. The average Bonchev–Trinajstić information content (AvgIpc) is 3.26. The SMILES string of the molecule is CC[C@@H](C(=O)NCc1cc(-c2cccnc2)no1)n1cccn1. The van der Waals surface area contributed by atoms with E-state index in [1.807, 2.05) is 19.1 Å². The third-order valence-corrected chi connectivity index (χ3v) is 3.49. The lowest BCUT2D eigenvalue weighted by Gasteiger charge is -2.14. The molecule has 1 amide bonds. The Labute approximate surface area is 133 Å². The highest BCUT2D eigenvalue weighted by molar-refractivity contribution is 5.80. The summed E-state index contributed by atoms with van der Waals surface area (Å²) in [4.78, 5) is 16.3. The first-order valence-electron chi connectivity index (χ1n) is 7.40. The van der Waals surface area contributed by atoms with Crippen molar-refractivity contribution in [2.75, 3.05) is 0 Å². The van der Waals surface area contributed by atoms with Crippen molar-refractivity contribution in [1.82, 2.24) is 25.2 Å². The highest BCUT2D eigenvalue weighted by atomic mass is 16.5. The molecule has 1 N–H and O–H groups in total. The summed E-state index contributed by atoms with van der Waals surface area (Å²) in [6.45, 7) is 2.23. The molecule has 0 aliphatic heterocycles. The van der Waals surface area contributed by atoms with E-state index in [0.717, 1.165) is 5.56 Å². The molecule has 0 aliphatic carbocycles. The van der Waals surface area contributed by atoms with E-state index in [2.05, 4.69) is 20.6 Å². The molecule has 0 aliphatic rings. The minimum Gasteiger partial charge on any atom is -0.359 e. The largest absolute Gasteiger partial charge is 0.359 e. The normalized spacial score (nSPS) is 12.0. The lowest BCUT2D eigenvalue weighted by molar-refractivity contribution is -0.125. The first-order valence-corrected chi connectivity index (χ1v) is 7.40. The lowest BCUT2D eigenvalue weighted by atomic mass is 10.2. The maximum Gasteiger partial charge on any atom is 0.245 e. The first kappa shape index (κ1) is 15.0. The minimum absolute atomic E-state index is 0.101. The van der Waals surface area contributed by atoms with Gasteiger partial charge in [-0.05, 0) is 24.6 Å². The van der Waals surface area contributed by atoms with Crippen molar-refractivity contribution in [3.05, 3.63) is 54.8 Å². The van der Waals surface area contributed by atoms with Crippen LogP contribution in [0.5, 0.6) is 0 Å². The van der Waals surface area contributed by atoms with E-state index < -0.39 is 0 Å². The zero-order chi connectivity index (χ0) is 16.1. The predicted molar refractivity (Wildman–Crippen MR) is 83.1 cm³/mol. The van der Waals surface area contributed by atoms with Crippen LogP contribution in [-0.4, -0.2) is 25.8 Å². The maximum atomic E-state index is 12.3. The summed E-state index contributed by atoms with van der Waals surface area (Å²) in [5.41, 5.74) is 1.57. The molecule has 0 fully saturated rings. The molecule has 3 heterocycles. The Kier molecular flexibility index (Phi) is 4.46. The average molecular weight is 311 g/mol. The van der Waals surface area contributed by atoms with Gasteiger partial charge in [0, 0.05) is 36.4 Å². The molecule has 7 nitrogen and oxygen atoms in total. The molecule has 23 heavy (non-hydrogen) atoms. The minimum atomic E-state index is -0.328. The Morgan fingerprint density at radius 2 is 2.30 bits per heavy atom. The second-order valence-corrected chi connectivity index (χ2v) is 5.05. The topological polar surface area (TPSA) is 85.8 Å². The van der Waals surface area contributed by atoms with Crippen LogP contribution >= 0.6 is 0 Å². The van der Waals surface area contributed by atoms with Gasteiger partial charge in [0.25, 0.3) is 0 Å². The van der Waals surface area contributed by atoms with Crippen molar-refractivity contribution in [1.29, 1.82) is 0 Å². The molecule has 118 valence electrons. The Morgan fingerprint density at radius 1 is 1.39 bits per heavy atom. The van der Waals surface area contributed by atoms with E-state index in [0.29, 0.717) is 17.9 Å². The molecule has 0 radical (unpaired) electrons. The molecule has 3 rings (SSSR count). The predicted octanol–water partition coefficient (Wildman–Crippen LogP) is 2.20. The molecular formula is C16H17N5O2. The van der Waals surface area contributed by atoms with Gasteiger partial charge in [0.2, 0.25) is 5.91 Å². The molecule has 0 unspecified atom stereocenters. The second-order valence-electron chi connectivity index (χ2n) is 5.05. The molecule has 0 bridgehead atoms. The number of carbonyl (C=O) groups excluding carboxylic acids is 1. The van der Waals surface area contributed by atoms with Crippen LogP contribution in [0.15, 0.2) is 53.6 Å². The quantitative estimate of drug-likeness (QED) is 0.754. The van der Waals surface area contributed by atoms with Gasteiger partial charge in [0.15, 0.2) is 5.76 Å². The number of carbonyl (C=O) groups is 1. The highest BCUT2D eigenvalue weighted by Gasteiger charge is 2.18. The number of nitrogens with zero attached hydrogens (tertiary/aromatic N) is 4. The van der Waals surface area contributed by atoms with Gasteiger partial charge in [0.1, 0.15) is 11.7 Å². The van der Waals surface area contributed by atoms with E-state index in [-0.39, 0.29) is 18.5 Å². The summed E-state index contributed by atoms with van der Waals surface area (Å²) in [7, 11) is 0. The van der Waals surface area contributed by atoms with Gasteiger partial charge in [-0.3, -0.25) is 14.5 Å². The van der Waals surface area contributed by atoms with Crippen molar-refractivity contribution >= 4 is 5.91 Å². The molecule has 0 spiro atoms. The fraction of sp³-hybridized carbons (Fsp3) is 0.250. The first-order chi connectivity index (χ1) is 11.3. The van der Waals surface area contributed by atoms with Crippen LogP contribution in [-0.2, 0) is 11.3 Å². The van der Waals surface area contributed by atoms with E-state index in [4.69, 9.17) is 4.52 Å². The van der Waals surface area contributed by atoms with Crippen LogP contribution in [0.1, 0.15) is 25.1 Å². The summed E-state index contributed by atoms with van der Waals surface area (Å²) in [5.74, 6) is 0.489. The van der Waals surface area contributed by atoms with Crippen LogP contribution in [0, 0.1) is 0 Å². The highest BCUT2D eigenvalue weighted by Crippen LogP contribution is 2.17. The molecule has 7 heteroatoms. The standard InChI is InChI=1S/C16H17N5O2/c1-2-15(21-8-4-7-19-21)16(22)18-11-13-9-14(20-23-13)12-5-3-6-17-10-12/h3-10,15H,2,11H2,1H3,(H,18,22)/t15-/m0/s1. The fourth-order valence-electron chi connectivity index (χ4n) is 2.30. The fourth-order valence-corrected chi connectivity index (χ4v) is 2.30. The monoisotopic (exact) mass is 311 g/mol. The van der Waals surface area contributed by atoms with Crippen molar-refractivity contribution in [3.8, 4) is 11.3 Å². The van der Waals surface area contributed by atoms with E-state index >= 15 is 0 Å². The van der Waals surface area contributed by atoms with Gasteiger partial charge in [-0.25, -0.2) is 0 Å². The van der Waals surface area contributed by atoms with Crippen molar-refractivity contribution in [3.63, 3.8) is 0 Å². The molecular weight excluding hydrogens is 294 g/mol. The Morgan fingerprint density at radius 3 is 3.00 bits per heavy atom. The summed E-state index contributed by atoms with van der Waals surface area (Å²) in [5, 5.41) is 11.0. The second kappa shape index (κ2) is 6.87. The van der Waals surface area contributed by atoms with Crippen LogP contribution in [0.4, 0.5) is 0 Å². The number of amides is 1. The molecule has 1 atom stereocenters. The molecule has 3 aromatic heterocycles. The van der Waals surface area contributed by atoms with Gasteiger partial charge < -0.3 is 9.84 Å². The number of nitrogens with one attached hydrogen (secondary N) is 1. The number of pyridine rings is 1. The van der Waals surface area contributed by atoms with Crippen LogP contribution in [0.25, 0.3) is 11.3 Å². The van der Waals surface area contributed by atoms with Gasteiger partial charge in [-0.2, -0.15) is 5.10 Å². The van der Waals surface area contributed by atoms with Crippen molar-refractivity contribution in [2.45, 2.75) is 25.9 Å². The molecule has 3 aromatic rings. The number of hydrogen-bond acceptors (Lipinski definition) is 5. The zero-order valence-electron chi connectivity index (χ0n) is 12.7. The molecule has 0 saturated heterocycles. The van der Waals surface area contributed by atoms with Crippen LogP contribution in [0.2, 0.25) is 0 Å². The van der Waals surface area contributed by atoms with Gasteiger partial charge in [0.05, 0.1) is 6.54 Å². The van der Waals surface area contributed by atoms with E-state index in [1.54, 1.807) is 41.6 Å². The zero-order valence-corrected chi connectivity index (χ0v) is 12.7. The number of aromatic nitrogens is 4. The van der Waals surface area contributed by atoms with Gasteiger partial charge in [-0.1, -0.05) is 12.1 Å². The Bertz CT molecular complexity index is 752. The van der Waals surface area contributed by atoms with Crippen molar-refractivity contribution < 1.29 is 9.32 Å². The molecule has 0 saturated carbocycles. The van der Waals surface area contributed by atoms with Crippen LogP contribution in [0.3, 0.4) is 0 Å². The van der Waals surface area contributed by atoms with Crippen molar-refractivity contribution in [2.24, 2.45) is 0 Å². The van der Waals surface area contributed by atoms with E-state index in [9.17, 15) is 4.79 Å². The van der Waals surface area contributed by atoms with Gasteiger partial charge >= 0.3 is 0 Å². The van der Waals surface area contributed by atoms with Crippen LogP contribution < -0.4 is 5.32 Å². The number of hydrogen-bond donors (Lipinski definition) is 1. The molecule has 0 aromatic carbocycles. The van der Waals surface area contributed by atoms with E-state index in [1.165, 1.54) is 0 Å². The summed E-state index contributed by atoms with van der Waals surface area (Å²) >= 11 is 0. The lowest BCUT2D eigenvalue weighted by Crippen LogP contribution is -2.32.